The number of hydrogen-bond donors (Lipinski definition) is 0. The summed E-state index contributed by atoms with van der Waals surface area (Å²) in [4.78, 5) is 23.0. The first-order chi connectivity index (χ1) is 13.9. The van der Waals surface area contributed by atoms with Gasteiger partial charge in [0.25, 0.3) is 0 Å². The van der Waals surface area contributed by atoms with E-state index in [4.69, 9.17) is 0 Å². The highest BCUT2D eigenvalue weighted by molar-refractivity contribution is 5.92. The molecule has 0 amide bonds. The maximum absolute atomic E-state index is 13.1. The van der Waals surface area contributed by atoms with Crippen molar-refractivity contribution in [2.24, 2.45) is 11.8 Å². The van der Waals surface area contributed by atoms with Crippen LogP contribution in [0.25, 0.3) is 0 Å². The van der Waals surface area contributed by atoms with Crippen molar-refractivity contribution < 1.29 is 71.7 Å². The van der Waals surface area contributed by atoms with Crippen LogP contribution in [0.5, 0.6) is 0 Å². The third-order valence-electron chi connectivity index (χ3n) is 4.19. The summed E-state index contributed by atoms with van der Waals surface area (Å²) < 4.78 is 164. The molecule has 16 heteroatoms. The van der Waals surface area contributed by atoms with Gasteiger partial charge in [0.1, 0.15) is 0 Å². The SMILES string of the molecule is CC(C)C(OC(=O)/C=C/C(=O)OC(C(C)C)(C(F)(F)F)C(F)(F)F)(C(F)(F)F)C(F)(F)F. The molecule has 0 aromatic heterocycles. The lowest BCUT2D eigenvalue weighted by Crippen LogP contribution is -2.63. The second-order valence-corrected chi connectivity index (χ2v) is 6.95. The summed E-state index contributed by atoms with van der Waals surface area (Å²) in [7, 11) is 0. The van der Waals surface area contributed by atoms with Gasteiger partial charge >= 0.3 is 47.8 Å². The number of hydrogen-bond acceptors (Lipinski definition) is 4. The molecule has 0 heterocycles. The molecule has 4 nitrogen and oxygen atoms in total. The second-order valence-electron chi connectivity index (χ2n) is 6.95. The van der Waals surface area contributed by atoms with Gasteiger partial charge in [-0.3, -0.25) is 0 Å². The predicted molar refractivity (Wildman–Crippen MR) is 80.7 cm³/mol. The minimum atomic E-state index is -6.22. The Morgan fingerprint density at radius 3 is 0.844 bits per heavy atom. The standard InChI is InChI=1S/C16H16F12O4/c1-7(2)11(13(17,18)19,14(20,21)22)31-9(29)5-6-10(30)32-12(8(3)4,15(23,24)25)16(26,27)28/h5-8H,1-4H3/b6-5+. The fourth-order valence-corrected chi connectivity index (χ4v) is 2.62. The van der Waals surface area contributed by atoms with Gasteiger partial charge in [0.05, 0.1) is 0 Å². The Bertz CT molecular complexity index is 622. The van der Waals surface area contributed by atoms with E-state index in [1.54, 1.807) is 0 Å². The lowest BCUT2D eigenvalue weighted by atomic mass is 9.88. The average Bonchev–Trinajstić information content (AvgIpc) is 2.49. The molecule has 0 saturated carbocycles. The molecule has 32 heavy (non-hydrogen) atoms. The van der Waals surface area contributed by atoms with Crippen molar-refractivity contribution in [2.75, 3.05) is 0 Å². The molecular weight excluding hydrogens is 484 g/mol. The molecule has 0 aliphatic heterocycles. The summed E-state index contributed by atoms with van der Waals surface area (Å²) in [5.41, 5.74) is -10.2. The minimum Gasteiger partial charge on any atom is -0.436 e. The van der Waals surface area contributed by atoms with E-state index in [2.05, 4.69) is 9.47 Å². The van der Waals surface area contributed by atoms with Crippen molar-refractivity contribution >= 4 is 11.9 Å². The van der Waals surface area contributed by atoms with Crippen LogP contribution in [-0.2, 0) is 19.1 Å². The van der Waals surface area contributed by atoms with Gasteiger partial charge in [0.2, 0.25) is 0 Å². The number of rotatable bonds is 6. The summed E-state index contributed by atoms with van der Waals surface area (Å²) in [6, 6.07) is 0. The van der Waals surface area contributed by atoms with E-state index in [9.17, 15) is 62.3 Å². The second kappa shape index (κ2) is 9.00. The molecule has 0 aliphatic rings. The molecule has 0 radical (unpaired) electrons. The molecule has 0 saturated heterocycles. The summed E-state index contributed by atoms with van der Waals surface area (Å²) in [5.74, 6) is -9.98. The number of ether oxygens (including phenoxy) is 2. The third kappa shape index (κ3) is 5.42. The third-order valence-corrected chi connectivity index (χ3v) is 4.19. The van der Waals surface area contributed by atoms with Crippen LogP contribution in [0.3, 0.4) is 0 Å². The van der Waals surface area contributed by atoms with Crippen LogP contribution in [0.15, 0.2) is 12.2 Å². The number of halogens is 12. The van der Waals surface area contributed by atoms with Crippen molar-refractivity contribution in [3.63, 3.8) is 0 Å². The van der Waals surface area contributed by atoms with Gasteiger partial charge in [-0.15, -0.1) is 0 Å². The highest BCUT2D eigenvalue weighted by Crippen LogP contribution is 2.51. The van der Waals surface area contributed by atoms with Crippen LogP contribution < -0.4 is 0 Å². The Kier molecular flexibility index (Phi) is 8.39. The van der Waals surface area contributed by atoms with Gasteiger partial charge in [0.15, 0.2) is 0 Å². The highest BCUT2D eigenvalue weighted by Gasteiger charge is 2.76. The van der Waals surface area contributed by atoms with Crippen molar-refractivity contribution in [2.45, 2.75) is 63.6 Å². The van der Waals surface area contributed by atoms with Crippen molar-refractivity contribution in [1.29, 1.82) is 0 Å². The first-order valence-electron chi connectivity index (χ1n) is 8.29. The molecule has 0 unspecified atom stereocenters. The normalized spacial score (nSPS) is 14.9. The topological polar surface area (TPSA) is 52.6 Å². The summed E-state index contributed by atoms with van der Waals surface area (Å²) in [6.07, 6.45) is -25.9. The van der Waals surface area contributed by atoms with Crippen LogP contribution >= 0.6 is 0 Å². The van der Waals surface area contributed by atoms with Crippen molar-refractivity contribution in [3.8, 4) is 0 Å². The molecule has 0 N–H and O–H groups in total. The zero-order valence-corrected chi connectivity index (χ0v) is 16.5. The van der Waals surface area contributed by atoms with Crippen LogP contribution in [0.2, 0.25) is 0 Å². The van der Waals surface area contributed by atoms with E-state index < -0.39 is 71.8 Å². The number of carbonyl (C=O) groups is 2. The molecule has 0 bridgehead atoms. The van der Waals surface area contributed by atoms with E-state index in [0.29, 0.717) is 27.7 Å². The van der Waals surface area contributed by atoms with E-state index in [0.717, 1.165) is 0 Å². The molecule has 0 aliphatic carbocycles. The Morgan fingerprint density at radius 2 is 0.719 bits per heavy atom. The molecule has 0 rings (SSSR count). The molecule has 0 aromatic rings. The smallest absolute Gasteiger partial charge is 0.436 e. The zero-order valence-electron chi connectivity index (χ0n) is 16.5. The summed E-state index contributed by atoms with van der Waals surface area (Å²) >= 11 is 0. The van der Waals surface area contributed by atoms with E-state index in [-0.39, 0.29) is 0 Å². The van der Waals surface area contributed by atoms with Crippen LogP contribution in [0.1, 0.15) is 27.7 Å². The van der Waals surface area contributed by atoms with Gasteiger partial charge in [-0.2, -0.15) is 52.7 Å². The Labute approximate surface area is 172 Å². The first-order valence-corrected chi connectivity index (χ1v) is 8.29. The highest BCUT2D eigenvalue weighted by atomic mass is 19.4. The molecular formula is C16H16F12O4. The lowest BCUT2D eigenvalue weighted by Gasteiger charge is -2.39. The fraction of sp³-hybridized carbons (Fsp3) is 0.750. The summed E-state index contributed by atoms with van der Waals surface area (Å²) in [6.45, 7) is 1.54. The van der Waals surface area contributed by atoms with Gasteiger partial charge in [-0.25, -0.2) is 9.59 Å². The van der Waals surface area contributed by atoms with Gasteiger partial charge in [-0.1, -0.05) is 27.7 Å². The molecule has 0 atom stereocenters. The average molecular weight is 500 g/mol. The maximum Gasteiger partial charge on any atom is 0.437 e. The van der Waals surface area contributed by atoms with E-state index >= 15 is 0 Å². The van der Waals surface area contributed by atoms with Crippen molar-refractivity contribution in [3.05, 3.63) is 12.2 Å². The van der Waals surface area contributed by atoms with Gasteiger partial charge in [-0.05, 0) is 0 Å². The zero-order chi connectivity index (χ0) is 26.1. The quantitative estimate of drug-likeness (QED) is 0.268. The van der Waals surface area contributed by atoms with E-state index in [1.807, 2.05) is 0 Å². The van der Waals surface area contributed by atoms with E-state index in [1.165, 1.54) is 0 Å². The molecule has 0 spiro atoms. The molecule has 0 fully saturated rings. The van der Waals surface area contributed by atoms with Gasteiger partial charge in [0, 0.05) is 24.0 Å². The number of esters is 2. The molecule has 188 valence electrons. The fourth-order valence-electron chi connectivity index (χ4n) is 2.62. The van der Waals surface area contributed by atoms with Crippen LogP contribution in [-0.4, -0.2) is 47.8 Å². The Hall–Kier alpha value is -2.16. The van der Waals surface area contributed by atoms with Crippen molar-refractivity contribution in [1.82, 2.24) is 0 Å². The summed E-state index contributed by atoms with van der Waals surface area (Å²) in [5, 5.41) is 0. The number of carbonyl (C=O) groups excluding carboxylic acids is 2. The van der Waals surface area contributed by atoms with Crippen LogP contribution in [0.4, 0.5) is 52.7 Å². The number of alkyl halides is 12. The monoisotopic (exact) mass is 500 g/mol. The largest absolute Gasteiger partial charge is 0.437 e. The Balaban J connectivity index is 6.03. The van der Waals surface area contributed by atoms with Crippen LogP contribution in [0, 0.1) is 11.8 Å². The molecule has 0 aromatic carbocycles. The predicted octanol–water partition coefficient (Wildman–Crippen LogP) is 5.67. The lowest BCUT2D eigenvalue weighted by molar-refractivity contribution is -0.382. The maximum atomic E-state index is 13.1. The Morgan fingerprint density at radius 1 is 0.531 bits per heavy atom. The first kappa shape index (κ1) is 29.8. The minimum absolute atomic E-state index is 0.385. The van der Waals surface area contributed by atoms with Gasteiger partial charge < -0.3 is 9.47 Å².